The van der Waals surface area contributed by atoms with Gasteiger partial charge in [-0.3, -0.25) is 9.59 Å². The molecule has 5 nitrogen and oxygen atoms in total. The maximum atomic E-state index is 14.0. The molecule has 6 heterocycles. The van der Waals surface area contributed by atoms with Crippen molar-refractivity contribution in [3.63, 3.8) is 0 Å². The zero-order valence-corrected chi connectivity index (χ0v) is 30.3. The van der Waals surface area contributed by atoms with E-state index in [1.807, 2.05) is 25.4 Å². The molecule has 0 spiro atoms. The van der Waals surface area contributed by atoms with Gasteiger partial charge in [0, 0.05) is 53.6 Å². The summed E-state index contributed by atoms with van der Waals surface area (Å²) >= 11 is 7.07. The second-order valence-electron chi connectivity index (χ2n) is 12.8. The van der Waals surface area contributed by atoms with Crippen molar-refractivity contribution < 1.29 is 9.59 Å². The Balaban J connectivity index is 1.55. The fourth-order valence-corrected chi connectivity index (χ4v) is 12.8. The summed E-state index contributed by atoms with van der Waals surface area (Å²) in [6.07, 6.45) is 3.05. The van der Waals surface area contributed by atoms with Gasteiger partial charge in [-0.25, -0.2) is 0 Å². The number of carbonyl (C=O) groups excluding carboxylic acids is 2. The van der Waals surface area contributed by atoms with Crippen molar-refractivity contribution >= 4 is 87.4 Å². The Hall–Kier alpha value is -2.30. The summed E-state index contributed by atoms with van der Waals surface area (Å²) in [5.74, 6) is -0.213. The number of thiophene rings is 4. The average molecular weight is 652 g/mol. The first-order chi connectivity index (χ1) is 20.1. The molecule has 9 heteroatoms. The van der Waals surface area contributed by atoms with Crippen LogP contribution in [0.3, 0.4) is 0 Å². The molecule has 0 aliphatic carbocycles. The highest BCUT2D eigenvalue weighted by Gasteiger charge is 2.48. The minimum Gasteiger partial charge on any atom is -0.321 e. The maximum absolute atomic E-state index is 14.0. The molecule has 2 N–H and O–H groups in total. The highest BCUT2D eigenvalue weighted by Crippen LogP contribution is 2.54. The number of likely N-dealkylation sites (N-methyl/N-ethyl adjacent to an activating group) is 2. The Bertz CT molecular complexity index is 1940. The molecule has 0 saturated heterocycles. The van der Waals surface area contributed by atoms with Gasteiger partial charge < -0.3 is 15.5 Å². The number of fused-ring (bicyclic) bond motifs is 3. The number of aryl methyl sites for hydroxylation is 4. The SMILES string of the molecule is CCC(C)(N)c1sc2c(C)c(C3=C4C(=O)N(C)C(c5sc6c(C)c(C(C)(CC)CC)sc6c5C)=C4C(=O)N3C)sc2c1C. The summed E-state index contributed by atoms with van der Waals surface area (Å²) in [4.78, 5) is 36.2. The first-order valence-electron chi connectivity index (χ1n) is 15.1. The summed E-state index contributed by atoms with van der Waals surface area (Å²) in [5.41, 5.74) is 13.8. The van der Waals surface area contributed by atoms with E-state index in [-0.39, 0.29) is 22.8 Å². The number of nitrogens with two attached hydrogens (primary N) is 1. The quantitative estimate of drug-likeness (QED) is 0.217. The van der Waals surface area contributed by atoms with Gasteiger partial charge in [0.2, 0.25) is 0 Å². The normalized spacial score (nSPS) is 17.6. The van der Waals surface area contributed by atoms with Crippen LogP contribution < -0.4 is 5.73 Å². The van der Waals surface area contributed by atoms with Gasteiger partial charge in [0.25, 0.3) is 11.8 Å². The van der Waals surface area contributed by atoms with E-state index in [4.69, 9.17) is 5.73 Å². The topological polar surface area (TPSA) is 66.6 Å². The van der Waals surface area contributed by atoms with Gasteiger partial charge in [-0.05, 0) is 76.1 Å². The molecule has 0 radical (unpaired) electrons. The smallest absolute Gasteiger partial charge is 0.261 e. The Morgan fingerprint density at radius 2 is 0.977 bits per heavy atom. The van der Waals surface area contributed by atoms with Crippen molar-refractivity contribution in [1.82, 2.24) is 9.80 Å². The molecule has 0 saturated carbocycles. The molecule has 1 unspecified atom stereocenters. The van der Waals surface area contributed by atoms with Crippen molar-refractivity contribution in [2.45, 2.75) is 92.5 Å². The highest BCUT2D eigenvalue weighted by atomic mass is 32.1. The highest BCUT2D eigenvalue weighted by molar-refractivity contribution is 7.29. The summed E-state index contributed by atoms with van der Waals surface area (Å²) in [6, 6.07) is 0. The number of rotatable bonds is 7. The van der Waals surface area contributed by atoms with Gasteiger partial charge in [-0.1, -0.05) is 27.7 Å². The lowest BCUT2D eigenvalue weighted by Crippen LogP contribution is -2.31. The number of hydrogen-bond donors (Lipinski definition) is 1. The predicted octanol–water partition coefficient (Wildman–Crippen LogP) is 9.20. The minimum absolute atomic E-state index is 0.107. The fourth-order valence-electron chi connectivity index (χ4n) is 6.66. The Kier molecular flexibility index (Phi) is 7.22. The van der Waals surface area contributed by atoms with Crippen molar-refractivity contribution in [3.8, 4) is 0 Å². The minimum atomic E-state index is -0.381. The molecule has 6 rings (SSSR count). The second kappa shape index (κ2) is 10.1. The molecule has 0 fully saturated rings. The summed E-state index contributed by atoms with van der Waals surface area (Å²) in [5, 5.41) is 0. The van der Waals surface area contributed by atoms with Gasteiger partial charge in [0.1, 0.15) is 0 Å². The molecule has 0 bridgehead atoms. The van der Waals surface area contributed by atoms with E-state index in [2.05, 4.69) is 62.3 Å². The maximum Gasteiger partial charge on any atom is 0.261 e. The summed E-state index contributed by atoms with van der Waals surface area (Å²) in [6.45, 7) is 19.8. The molecule has 2 aliphatic rings. The zero-order chi connectivity index (χ0) is 31.5. The number of hydrogen-bond acceptors (Lipinski definition) is 7. The van der Waals surface area contributed by atoms with Gasteiger partial charge in [-0.2, -0.15) is 0 Å². The molecule has 4 aromatic rings. The Morgan fingerprint density at radius 1 is 0.605 bits per heavy atom. The third-order valence-electron chi connectivity index (χ3n) is 10.2. The van der Waals surface area contributed by atoms with Gasteiger partial charge >= 0.3 is 0 Å². The second-order valence-corrected chi connectivity index (χ2v) is 16.8. The molecule has 4 aromatic heterocycles. The van der Waals surface area contributed by atoms with E-state index in [9.17, 15) is 9.59 Å². The van der Waals surface area contributed by atoms with Gasteiger partial charge in [-0.15, -0.1) is 45.3 Å². The van der Waals surface area contributed by atoms with Crippen LogP contribution in [0.4, 0.5) is 0 Å². The molecule has 43 heavy (non-hydrogen) atoms. The number of amides is 2. The lowest BCUT2D eigenvalue weighted by Gasteiger charge is -2.26. The Morgan fingerprint density at radius 3 is 1.35 bits per heavy atom. The standard InChI is InChI=1S/C34H41N3O2S4/c1-12-33(8,13-2)29-17(6)27-25(42-29)15(4)23(40-27)21-19-20(32(39)36(21)10)22(37(11)31(19)38)24-16(5)26-28(41-24)18(7)30(43-26)34(9,35)14-3/h12-14,35H2,1-11H3. The van der Waals surface area contributed by atoms with Crippen LogP contribution in [-0.4, -0.2) is 35.7 Å². The molecule has 2 aliphatic heterocycles. The Labute approximate surface area is 270 Å². The van der Waals surface area contributed by atoms with E-state index >= 15 is 0 Å². The monoisotopic (exact) mass is 651 g/mol. The number of nitrogens with zero attached hydrogens (tertiary/aromatic N) is 2. The molecule has 2 amide bonds. The third kappa shape index (κ3) is 4.00. The molecule has 1 atom stereocenters. The van der Waals surface area contributed by atoms with E-state index in [0.29, 0.717) is 11.1 Å². The van der Waals surface area contributed by atoms with Crippen LogP contribution in [0.25, 0.3) is 30.2 Å². The van der Waals surface area contributed by atoms with Gasteiger partial charge in [0.15, 0.2) is 0 Å². The van der Waals surface area contributed by atoms with Crippen molar-refractivity contribution in [1.29, 1.82) is 0 Å². The lowest BCUT2D eigenvalue weighted by atomic mass is 9.82. The van der Waals surface area contributed by atoms with Crippen molar-refractivity contribution in [2.24, 2.45) is 5.73 Å². The number of carbonyl (C=O) groups is 2. The van der Waals surface area contributed by atoms with Crippen molar-refractivity contribution in [2.75, 3.05) is 14.1 Å². The van der Waals surface area contributed by atoms with Gasteiger partial charge in [0.05, 0.1) is 32.3 Å². The van der Waals surface area contributed by atoms with E-state index in [1.165, 1.54) is 39.7 Å². The summed E-state index contributed by atoms with van der Waals surface area (Å²) < 4.78 is 4.97. The molecular weight excluding hydrogens is 611 g/mol. The van der Waals surface area contributed by atoms with Crippen molar-refractivity contribution in [3.05, 3.63) is 52.9 Å². The van der Waals surface area contributed by atoms with E-state index in [0.717, 1.165) is 51.5 Å². The largest absolute Gasteiger partial charge is 0.321 e. The first kappa shape index (κ1) is 30.7. The van der Waals surface area contributed by atoms with Crippen LogP contribution in [0.5, 0.6) is 0 Å². The molecular formula is C34H41N3O2S4. The predicted molar refractivity (Wildman–Crippen MR) is 187 cm³/mol. The third-order valence-corrected chi connectivity index (χ3v) is 16.7. The van der Waals surface area contributed by atoms with Crippen LogP contribution in [0.15, 0.2) is 11.1 Å². The van der Waals surface area contributed by atoms with Crippen LogP contribution in [0.1, 0.15) is 95.6 Å². The molecule has 228 valence electrons. The van der Waals surface area contributed by atoms with E-state index < -0.39 is 0 Å². The first-order valence-corrected chi connectivity index (χ1v) is 18.3. The fraction of sp³-hybridized carbons (Fsp3) is 0.471. The van der Waals surface area contributed by atoms with Crippen LogP contribution in [0.2, 0.25) is 0 Å². The zero-order valence-electron chi connectivity index (χ0n) is 27.0. The van der Waals surface area contributed by atoms with Crippen LogP contribution in [0, 0.1) is 27.7 Å². The summed E-state index contributed by atoms with van der Waals surface area (Å²) in [7, 11) is 3.63. The lowest BCUT2D eigenvalue weighted by molar-refractivity contribution is -0.123. The van der Waals surface area contributed by atoms with E-state index in [1.54, 1.807) is 43.8 Å². The molecule has 0 aromatic carbocycles. The van der Waals surface area contributed by atoms with Crippen LogP contribution >= 0.6 is 45.3 Å². The average Bonchev–Trinajstić information content (AvgIpc) is 3.78. The van der Waals surface area contributed by atoms with Crippen LogP contribution in [-0.2, 0) is 20.5 Å².